The van der Waals surface area contributed by atoms with Gasteiger partial charge in [-0.1, -0.05) is 30.3 Å². The molecule has 0 saturated heterocycles. The van der Waals surface area contributed by atoms with Crippen LogP contribution < -0.4 is 10.1 Å². The first-order valence-electron chi connectivity index (χ1n) is 7.13. The maximum Gasteiger partial charge on any atom is 0.137 e. The third kappa shape index (κ3) is 3.15. The van der Waals surface area contributed by atoms with E-state index in [9.17, 15) is 0 Å². The van der Waals surface area contributed by atoms with Gasteiger partial charge in [-0.3, -0.25) is 0 Å². The van der Waals surface area contributed by atoms with Crippen LogP contribution in [0.1, 0.15) is 5.56 Å². The van der Waals surface area contributed by atoms with E-state index in [4.69, 9.17) is 9.84 Å². The molecule has 0 aliphatic rings. The summed E-state index contributed by atoms with van der Waals surface area (Å²) in [6.07, 6.45) is 1.55. The smallest absolute Gasteiger partial charge is 0.137 e. The Morgan fingerprint density at radius 2 is 1.82 bits per heavy atom. The van der Waals surface area contributed by atoms with Crippen molar-refractivity contribution in [2.45, 2.75) is 6.54 Å². The van der Waals surface area contributed by atoms with E-state index < -0.39 is 0 Å². The SMILES string of the molecule is OCCOc1ccccc1CNc1ncnc2ccccc12. The van der Waals surface area contributed by atoms with E-state index >= 15 is 0 Å². The molecule has 1 heterocycles. The Balaban J connectivity index is 1.80. The van der Waals surface area contributed by atoms with Crippen molar-refractivity contribution >= 4 is 16.7 Å². The van der Waals surface area contributed by atoms with E-state index in [-0.39, 0.29) is 13.2 Å². The molecule has 0 fully saturated rings. The Hall–Kier alpha value is -2.66. The molecule has 5 nitrogen and oxygen atoms in total. The van der Waals surface area contributed by atoms with Crippen LogP contribution in [0.25, 0.3) is 10.9 Å². The second-order valence-corrected chi connectivity index (χ2v) is 4.77. The highest BCUT2D eigenvalue weighted by molar-refractivity contribution is 5.88. The standard InChI is InChI=1S/C17H17N3O2/c21-9-10-22-16-8-4-1-5-13(16)11-18-17-14-6-2-3-7-15(14)19-12-20-17/h1-8,12,21H,9-11H2,(H,18,19,20). The van der Waals surface area contributed by atoms with Crippen molar-refractivity contribution in [1.82, 2.24) is 9.97 Å². The van der Waals surface area contributed by atoms with Crippen LogP contribution in [0.3, 0.4) is 0 Å². The number of para-hydroxylation sites is 2. The molecule has 112 valence electrons. The lowest BCUT2D eigenvalue weighted by molar-refractivity contribution is 0.200. The fourth-order valence-corrected chi connectivity index (χ4v) is 2.27. The van der Waals surface area contributed by atoms with Gasteiger partial charge in [-0.05, 0) is 18.2 Å². The van der Waals surface area contributed by atoms with E-state index in [1.165, 1.54) is 0 Å². The van der Waals surface area contributed by atoms with Gasteiger partial charge in [0, 0.05) is 17.5 Å². The molecule has 2 N–H and O–H groups in total. The summed E-state index contributed by atoms with van der Waals surface area (Å²) < 4.78 is 5.54. The molecule has 0 aliphatic heterocycles. The Morgan fingerprint density at radius 3 is 2.73 bits per heavy atom. The number of nitrogens with zero attached hydrogens (tertiary/aromatic N) is 2. The number of ether oxygens (including phenoxy) is 1. The summed E-state index contributed by atoms with van der Waals surface area (Å²) >= 11 is 0. The minimum absolute atomic E-state index is 0.00168. The monoisotopic (exact) mass is 295 g/mol. The minimum Gasteiger partial charge on any atom is -0.491 e. The molecule has 0 radical (unpaired) electrons. The highest BCUT2D eigenvalue weighted by Crippen LogP contribution is 2.22. The average Bonchev–Trinajstić information content (AvgIpc) is 2.59. The molecule has 3 rings (SSSR count). The predicted octanol–water partition coefficient (Wildman–Crippen LogP) is 2.61. The highest BCUT2D eigenvalue weighted by Gasteiger charge is 2.06. The van der Waals surface area contributed by atoms with E-state index in [0.29, 0.717) is 6.54 Å². The van der Waals surface area contributed by atoms with Crippen molar-refractivity contribution in [3.63, 3.8) is 0 Å². The van der Waals surface area contributed by atoms with Crippen LogP contribution in [0.2, 0.25) is 0 Å². The second-order valence-electron chi connectivity index (χ2n) is 4.77. The van der Waals surface area contributed by atoms with Gasteiger partial charge >= 0.3 is 0 Å². The predicted molar refractivity (Wildman–Crippen MR) is 85.9 cm³/mol. The fourth-order valence-electron chi connectivity index (χ4n) is 2.27. The van der Waals surface area contributed by atoms with Gasteiger partial charge in [0.1, 0.15) is 24.5 Å². The van der Waals surface area contributed by atoms with Crippen LogP contribution in [0.15, 0.2) is 54.9 Å². The van der Waals surface area contributed by atoms with Crippen LogP contribution in [-0.2, 0) is 6.54 Å². The van der Waals surface area contributed by atoms with Crippen molar-refractivity contribution in [2.24, 2.45) is 0 Å². The quantitative estimate of drug-likeness (QED) is 0.731. The zero-order chi connectivity index (χ0) is 15.2. The van der Waals surface area contributed by atoms with E-state index in [2.05, 4.69) is 15.3 Å². The molecule has 3 aromatic rings. The number of hydrogen-bond donors (Lipinski definition) is 2. The normalized spacial score (nSPS) is 10.6. The Labute approximate surface area is 128 Å². The molecule has 0 bridgehead atoms. The third-order valence-corrected chi connectivity index (χ3v) is 3.31. The number of aliphatic hydroxyl groups is 1. The van der Waals surface area contributed by atoms with Gasteiger partial charge in [0.15, 0.2) is 0 Å². The third-order valence-electron chi connectivity index (χ3n) is 3.31. The van der Waals surface area contributed by atoms with Crippen molar-refractivity contribution < 1.29 is 9.84 Å². The summed E-state index contributed by atoms with van der Waals surface area (Å²) in [5.41, 5.74) is 1.92. The lowest BCUT2D eigenvalue weighted by Crippen LogP contribution is -2.07. The summed E-state index contributed by atoms with van der Waals surface area (Å²) in [6, 6.07) is 15.6. The first-order chi connectivity index (χ1) is 10.9. The summed E-state index contributed by atoms with van der Waals surface area (Å²) in [4.78, 5) is 8.56. The minimum atomic E-state index is -0.00168. The molecule has 2 aromatic carbocycles. The zero-order valence-corrected chi connectivity index (χ0v) is 12.1. The summed E-state index contributed by atoms with van der Waals surface area (Å²) in [7, 11) is 0. The molecule has 0 unspecified atom stereocenters. The highest BCUT2D eigenvalue weighted by atomic mass is 16.5. The van der Waals surface area contributed by atoms with Crippen molar-refractivity contribution in [3.8, 4) is 5.75 Å². The molecular formula is C17H17N3O2. The summed E-state index contributed by atoms with van der Waals surface area (Å²) in [6.45, 7) is 0.869. The van der Waals surface area contributed by atoms with Gasteiger partial charge < -0.3 is 15.2 Å². The molecule has 22 heavy (non-hydrogen) atoms. The van der Waals surface area contributed by atoms with Crippen LogP contribution in [-0.4, -0.2) is 28.3 Å². The molecular weight excluding hydrogens is 278 g/mol. The molecule has 5 heteroatoms. The number of aromatic nitrogens is 2. The van der Waals surface area contributed by atoms with Gasteiger partial charge in [-0.25, -0.2) is 9.97 Å². The number of anilines is 1. The molecule has 0 atom stereocenters. The van der Waals surface area contributed by atoms with Crippen LogP contribution >= 0.6 is 0 Å². The van der Waals surface area contributed by atoms with E-state index in [1.807, 2.05) is 48.5 Å². The first-order valence-corrected chi connectivity index (χ1v) is 7.13. The Kier molecular flexibility index (Phi) is 4.46. The van der Waals surface area contributed by atoms with E-state index in [1.54, 1.807) is 6.33 Å². The van der Waals surface area contributed by atoms with Crippen LogP contribution in [0.4, 0.5) is 5.82 Å². The zero-order valence-electron chi connectivity index (χ0n) is 12.1. The van der Waals surface area contributed by atoms with E-state index in [0.717, 1.165) is 28.0 Å². The molecule has 0 spiro atoms. The van der Waals surface area contributed by atoms with Gasteiger partial charge in [0.2, 0.25) is 0 Å². The number of benzene rings is 2. The Bertz CT molecular complexity index is 756. The summed E-state index contributed by atoms with van der Waals surface area (Å²) in [5, 5.41) is 13.2. The van der Waals surface area contributed by atoms with Crippen molar-refractivity contribution in [1.29, 1.82) is 0 Å². The lowest BCUT2D eigenvalue weighted by Gasteiger charge is -2.12. The second kappa shape index (κ2) is 6.87. The Morgan fingerprint density at radius 1 is 1.00 bits per heavy atom. The van der Waals surface area contributed by atoms with Crippen molar-refractivity contribution in [3.05, 3.63) is 60.4 Å². The van der Waals surface area contributed by atoms with Crippen LogP contribution in [0, 0.1) is 0 Å². The number of fused-ring (bicyclic) bond motifs is 1. The van der Waals surface area contributed by atoms with Crippen molar-refractivity contribution in [2.75, 3.05) is 18.5 Å². The maximum atomic E-state index is 8.89. The number of rotatable bonds is 6. The number of nitrogens with one attached hydrogen (secondary N) is 1. The van der Waals surface area contributed by atoms with Gasteiger partial charge in [-0.15, -0.1) is 0 Å². The largest absolute Gasteiger partial charge is 0.491 e. The topological polar surface area (TPSA) is 67.3 Å². The number of hydrogen-bond acceptors (Lipinski definition) is 5. The van der Waals surface area contributed by atoms with Gasteiger partial charge in [0.25, 0.3) is 0 Å². The van der Waals surface area contributed by atoms with Crippen LogP contribution in [0.5, 0.6) is 5.75 Å². The molecule has 0 amide bonds. The average molecular weight is 295 g/mol. The molecule has 0 saturated carbocycles. The van der Waals surface area contributed by atoms with Gasteiger partial charge in [0.05, 0.1) is 12.1 Å². The summed E-state index contributed by atoms with van der Waals surface area (Å²) in [5.74, 6) is 1.56. The number of aliphatic hydroxyl groups excluding tert-OH is 1. The maximum absolute atomic E-state index is 8.89. The fraction of sp³-hybridized carbons (Fsp3) is 0.176. The van der Waals surface area contributed by atoms with Gasteiger partial charge in [-0.2, -0.15) is 0 Å². The molecule has 1 aromatic heterocycles. The molecule has 0 aliphatic carbocycles. The lowest BCUT2D eigenvalue weighted by atomic mass is 10.2. The first kappa shape index (κ1) is 14.3.